The summed E-state index contributed by atoms with van der Waals surface area (Å²) in [5.74, 6) is 0.804. The molecule has 0 N–H and O–H groups in total. The molecule has 6 heteroatoms. The van der Waals surface area contributed by atoms with Gasteiger partial charge in [-0.1, -0.05) is 54.6 Å². The largest absolute Gasteiger partial charge is 0.347 e. The van der Waals surface area contributed by atoms with Crippen LogP contribution in [0.1, 0.15) is 34.9 Å². The van der Waals surface area contributed by atoms with E-state index in [9.17, 15) is 4.79 Å². The Balaban J connectivity index is 1.50. The highest BCUT2D eigenvalue weighted by molar-refractivity contribution is 6.05. The molecule has 1 amide bonds. The Hall–Kier alpha value is -3.80. The van der Waals surface area contributed by atoms with Gasteiger partial charge in [-0.3, -0.25) is 9.78 Å². The molecule has 2 aromatic carbocycles. The summed E-state index contributed by atoms with van der Waals surface area (Å²) < 4.78 is 0. The van der Waals surface area contributed by atoms with Gasteiger partial charge in [-0.15, -0.1) is 0 Å². The number of aromatic nitrogens is 3. The molecule has 0 bridgehead atoms. The van der Waals surface area contributed by atoms with Crippen LogP contribution in [0.15, 0.2) is 73.1 Å². The Morgan fingerprint density at radius 3 is 2.61 bits per heavy atom. The van der Waals surface area contributed by atoms with Gasteiger partial charge >= 0.3 is 0 Å². The van der Waals surface area contributed by atoms with Crippen LogP contribution in [-0.2, 0) is 0 Å². The van der Waals surface area contributed by atoms with E-state index in [1.54, 1.807) is 6.20 Å². The van der Waals surface area contributed by atoms with Crippen molar-refractivity contribution in [2.45, 2.75) is 18.8 Å². The lowest BCUT2D eigenvalue weighted by Crippen LogP contribution is -2.40. The number of hydrogen-bond acceptors (Lipinski definition) is 5. The van der Waals surface area contributed by atoms with E-state index in [1.165, 1.54) is 0 Å². The lowest BCUT2D eigenvalue weighted by Gasteiger charge is -2.33. The molecule has 1 atom stereocenters. The Morgan fingerprint density at radius 2 is 1.79 bits per heavy atom. The number of piperidine rings is 1. The van der Waals surface area contributed by atoms with Crippen molar-refractivity contribution in [1.82, 2.24) is 19.9 Å². The Bertz CT molecular complexity index is 1280. The number of nitrogens with zero attached hydrogens (tertiary/aromatic N) is 5. The maximum Gasteiger partial charge on any atom is 0.273 e. The number of pyridine rings is 1. The van der Waals surface area contributed by atoms with Crippen LogP contribution in [0.5, 0.6) is 0 Å². The number of carbonyl (C=O) groups is 1. The zero-order chi connectivity index (χ0) is 22.8. The Kier molecular flexibility index (Phi) is 5.73. The SMILES string of the molecule is CN(C)c1ncc(-c2ccccc2)c([C@@H]2CCCN(C(=O)c3nccc4ccccc34)C2)n1. The molecule has 0 unspecified atom stereocenters. The summed E-state index contributed by atoms with van der Waals surface area (Å²) in [5.41, 5.74) is 3.65. The van der Waals surface area contributed by atoms with Crippen molar-refractivity contribution in [3.8, 4) is 11.1 Å². The number of rotatable bonds is 4. The van der Waals surface area contributed by atoms with Crippen LogP contribution >= 0.6 is 0 Å². The second-order valence-corrected chi connectivity index (χ2v) is 8.70. The molecule has 1 aliphatic rings. The van der Waals surface area contributed by atoms with Crippen LogP contribution in [0.25, 0.3) is 21.9 Å². The topological polar surface area (TPSA) is 62.2 Å². The average molecular weight is 438 g/mol. The minimum absolute atomic E-state index is 0.0142. The second kappa shape index (κ2) is 8.98. The smallest absolute Gasteiger partial charge is 0.273 e. The molecule has 1 fully saturated rings. The van der Waals surface area contributed by atoms with Crippen molar-refractivity contribution in [2.24, 2.45) is 0 Å². The first-order valence-corrected chi connectivity index (χ1v) is 11.3. The van der Waals surface area contributed by atoms with Crippen molar-refractivity contribution in [3.05, 3.63) is 84.4 Å². The molecule has 3 heterocycles. The maximum atomic E-state index is 13.5. The molecule has 0 aliphatic carbocycles. The lowest BCUT2D eigenvalue weighted by molar-refractivity contribution is 0.0702. The van der Waals surface area contributed by atoms with Gasteiger partial charge in [0.25, 0.3) is 5.91 Å². The molecule has 0 radical (unpaired) electrons. The van der Waals surface area contributed by atoms with Crippen LogP contribution in [-0.4, -0.2) is 52.9 Å². The number of likely N-dealkylation sites (tertiary alicyclic amines) is 1. The van der Waals surface area contributed by atoms with E-state index < -0.39 is 0 Å². The fourth-order valence-corrected chi connectivity index (χ4v) is 4.58. The third-order valence-corrected chi connectivity index (χ3v) is 6.26. The van der Waals surface area contributed by atoms with Gasteiger partial charge in [0.15, 0.2) is 0 Å². The third-order valence-electron chi connectivity index (χ3n) is 6.26. The van der Waals surface area contributed by atoms with E-state index in [4.69, 9.17) is 4.98 Å². The predicted molar refractivity (Wildman–Crippen MR) is 131 cm³/mol. The molecule has 1 saturated heterocycles. The van der Waals surface area contributed by atoms with Crippen molar-refractivity contribution in [3.63, 3.8) is 0 Å². The van der Waals surface area contributed by atoms with Gasteiger partial charge < -0.3 is 9.80 Å². The highest BCUT2D eigenvalue weighted by Crippen LogP contribution is 2.34. The van der Waals surface area contributed by atoms with Gasteiger partial charge in [0.2, 0.25) is 5.95 Å². The predicted octanol–water partition coefficient (Wildman–Crippen LogP) is 4.78. The summed E-state index contributed by atoms with van der Waals surface area (Å²) in [4.78, 5) is 31.4. The van der Waals surface area contributed by atoms with Gasteiger partial charge in [0.05, 0.1) is 5.69 Å². The van der Waals surface area contributed by atoms with Crippen molar-refractivity contribution < 1.29 is 4.79 Å². The number of carbonyl (C=O) groups excluding carboxylic acids is 1. The Morgan fingerprint density at radius 1 is 1.00 bits per heavy atom. The van der Waals surface area contributed by atoms with Crippen molar-refractivity contribution >= 4 is 22.6 Å². The van der Waals surface area contributed by atoms with Crippen LogP contribution < -0.4 is 4.90 Å². The van der Waals surface area contributed by atoms with Gasteiger partial charge in [-0.25, -0.2) is 9.97 Å². The monoisotopic (exact) mass is 437 g/mol. The fraction of sp³-hybridized carbons (Fsp3) is 0.259. The summed E-state index contributed by atoms with van der Waals surface area (Å²) in [7, 11) is 3.90. The normalized spacial score (nSPS) is 16.1. The summed E-state index contributed by atoms with van der Waals surface area (Å²) in [5, 5.41) is 1.93. The lowest BCUT2D eigenvalue weighted by atomic mass is 9.89. The average Bonchev–Trinajstić information content (AvgIpc) is 2.88. The van der Waals surface area contributed by atoms with Gasteiger partial charge in [0.1, 0.15) is 5.69 Å². The number of benzene rings is 2. The van der Waals surface area contributed by atoms with Crippen molar-refractivity contribution in [1.29, 1.82) is 0 Å². The minimum Gasteiger partial charge on any atom is -0.347 e. The first kappa shape index (κ1) is 21.1. The zero-order valence-corrected chi connectivity index (χ0v) is 19.0. The van der Waals surface area contributed by atoms with E-state index in [1.807, 2.05) is 78.6 Å². The van der Waals surface area contributed by atoms with Crippen LogP contribution in [0.2, 0.25) is 0 Å². The van der Waals surface area contributed by atoms with Crippen LogP contribution in [0.4, 0.5) is 5.95 Å². The highest BCUT2D eigenvalue weighted by atomic mass is 16.2. The van der Waals surface area contributed by atoms with E-state index >= 15 is 0 Å². The number of fused-ring (bicyclic) bond motifs is 1. The van der Waals surface area contributed by atoms with E-state index in [0.29, 0.717) is 18.2 Å². The molecular weight excluding hydrogens is 410 g/mol. The van der Waals surface area contributed by atoms with E-state index in [2.05, 4.69) is 22.1 Å². The minimum atomic E-state index is -0.0142. The first-order chi connectivity index (χ1) is 16.1. The molecule has 5 rings (SSSR count). The molecule has 166 valence electrons. The first-order valence-electron chi connectivity index (χ1n) is 11.3. The second-order valence-electron chi connectivity index (χ2n) is 8.70. The summed E-state index contributed by atoms with van der Waals surface area (Å²) >= 11 is 0. The molecule has 6 nitrogen and oxygen atoms in total. The molecule has 0 spiro atoms. The van der Waals surface area contributed by atoms with Crippen molar-refractivity contribution in [2.75, 3.05) is 32.1 Å². The third kappa shape index (κ3) is 4.16. The van der Waals surface area contributed by atoms with Gasteiger partial charge in [-0.05, 0) is 29.9 Å². The van der Waals surface area contributed by atoms with E-state index in [-0.39, 0.29) is 11.8 Å². The standard InChI is InChI=1S/C27H27N5O/c1-31(2)27-29-17-23(19-9-4-3-5-10-19)24(30-27)21-12-8-16-32(18-21)26(33)25-22-13-7-6-11-20(22)14-15-28-25/h3-7,9-11,13-15,17,21H,8,12,16,18H2,1-2H3/t21-/m1/s1. The highest BCUT2D eigenvalue weighted by Gasteiger charge is 2.30. The number of anilines is 1. The molecule has 4 aromatic rings. The zero-order valence-electron chi connectivity index (χ0n) is 19.0. The van der Waals surface area contributed by atoms with Crippen LogP contribution in [0.3, 0.4) is 0 Å². The van der Waals surface area contributed by atoms with Gasteiger partial charge in [0, 0.05) is 56.4 Å². The molecule has 2 aromatic heterocycles. The van der Waals surface area contributed by atoms with E-state index in [0.717, 1.165) is 47.0 Å². The summed E-state index contributed by atoms with van der Waals surface area (Å²) in [6.07, 6.45) is 5.55. The number of hydrogen-bond donors (Lipinski definition) is 0. The molecular formula is C27H27N5O. The molecule has 1 aliphatic heterocycles. The molecule has 0 saturated carbocycles. The summed E-state index contributed by atoms with van der Waals surface area (Å²) in [6.45, 7) is 1.35. The molecule has 33 heavy (non-hydrogen) atoms. The van der Waals surface area contributed by atoms with Crippen LogP contribution in [0, 0.1) is 0 Å². The fourth-order valence-electron chi connectivity index (χ4n) is 4.58. The Labute approximate surface area is 193 Å². The maximum absolute atomic E-state index is 13.5. The van der Waals surface area contributed by atoms with Gasteiger partial charge in [-0.2, -0.15) is 0 Å². The summed E-state index contributed by atoms with van der Waals surface area (Å²) in [6, 6.07) is 20.1. The quantitative estimate of drug-likeness (QED) is 0.460. The number of amides is 1.